The highest BCUT2D eigenvalue weighted by molar-refractivity contribution is 5.95. The molecule has 1 aromatic rings. The van der Waals surface area contributed by atoms with E-state index in [1.165, 1.54) is 7.11 Å². The van der Waals surface area contributed by atoms with Crippen molar-refractivity contribution in [1.29, 1.82) is 5.26 Å². The number of methoxy groups -OCH3 is 1. The maximum absolute atomic E-state index is 12.0. The minimum Gasteiger partial charge on any atom is -0.481 e. The van der Waals surface area contributed by atoms with Gasteiger partial charge >= 0.3 is 0 Å². The molecule has 1 unspecified atom stereocenters. The van der Waals surface area contributed by atoms with Crippen LogP contribution in [-0.4, -0.2) is 23.0 Å². The molecule has 0 bridgehead atoms. The Labute approximate surface area is 106 Å². The Hall–Kier alpha value is -2.16. The smallest absolute Gasteiger partial charge is 0.246 e. The molecule has 0 saturated heterocycles. The van der Waals surface area contributed by atoms with Crippen LogP contribution < -0.4 is 10.1 Å². The predicted octanol–water partition coefficient (Wildman–Crippen LogP) is 1.67. The van der Waals surface area contributed by atoms with Crippen molar-refractivity contribution >= 4 is 11.9 Å². The maximum Gasteiger partial charge on any atom is 0.246 e. The number of aryl methyl sites for hydroxylation is 1. The first kappa shape index (κ1) is 13.9. The quantitative estimate of drug-likeness (QED) is 0.875. The lowest BCUT2D eigenvalue weighted by Crippen LogP contribution is -2.32. The molecule has 0 aliphatic rings. The third kappa shape index (κ3) is 2.94. The van der Waals surface area contributed by atoms with E-state index in [2.05, 4.69) is 15.3 Å². The molecule has 1 heterocycles. The Bertz CT molecular complexity index is 495. The zero-order chi connectivity index (χ0) is 13.8. The van der Waals surface area contributed by atoms with Crippen molar-refractivity contribution in [1.82, 2.24) is 9.97 Å². The van der Waals surface area contributed by atoms with E-state index < -0.39 is 11.3 Å². The minimum atomic E-state index is -1.08. The molecule has 96 valence electrons. The highest BCUT2D eigenvalue weighted by atomic mass is 16.5. The SMILES string of the molecule is CCC(C)(C#N)C(=O)Nc1nc(C)cc(OC)n1. The van der Waals surface area contributed by atoms with Crippen LogP contribution in [0.25, 0.3) is 0 Å². The summed E-state index contributed by atoms with van der Waals surface area (Å²) in [4.78, 5) is 20.0. The number of rotatable bonds is 4. The molecule has 0 fully saturated rings. The van der Waals surface area contributed by atoms with E-state index in [-0.39, 0.29) is 5.95 Å². The Morgan fingerprint density at radius 1 is 1.61 bits per heavy atom. The van der Waals surface area contributed by atoms with Gasteiger partial charge in [0.15, 0.2) is 0 Å². The van der Waals surface area contributed by atoms with Crippen molar-refractivity contribution in [3.8, 4) is 11.9 Å². The summed E-state index contributed by atoms with van der Waals surface area (Å²) in [6.45, 7) is 5.12. The first-order chi connectivity index (χ1) is 8.45. The van der Waals surface area contributed by atoms with Gasteiger partial charge in [0.25, 0.3) is 0 Å². The fraction of sp³-hybridized carbons (Fsp3) is 0.500. The molecule has 0 saturated carbocycles. The Morgan fingerprint density at radius 3 is 2.78 bits per heavy atom. The van der Waals surface area contributed by atoms with Crippen LogP contribution in [0.3, 0.4) is 0 Å². The van der Waals surface area contributed by atoms with E-state index in [9.17, 15) is 4.79 Å². The fourth-order valence-electron chi connectivity index (χ4n) is 1.23. The Morgan fingerprint density at radius 2 is 2.28 bits per heavy atom. The molecule has 18 heavy (non-hydrogen) atoms. The molecule has 1 N–H and O–H groups in total. The number of ether oxygens (including phenoxy) is 1. The highest BCUT2D eigenvalue weighted by Crippen LogP contribution is 2.22. The monoisotopic (exact) mass is 248 g/mol. The van der Waals surface area contributed by atoms with Crippen molar-refractivity contribution in [2.24, 2.45) is 5.41 Å². The molecular weight excluding hydrogens is 232 g/mol. The normalized spacial score (nSPS) is 13.3. The second-order valence-corrected chi connectivity index (χ2v) is 4.13. The average molecular weight is 248 g/mol. The van der Waals surface area contributed by atoms with Crippen LogP contribution in [0.2, 0.25) is 0 Å². The van der Waals surface area contributed by atoms with Gasteiger partial charge in [-0.1, -0.05) is 6.92 Å². The van der Waals surface area contributed by atoms with Crippen molar-refractivity contribution in [2.45, 2.75) is 27.2 Å². The second kappa shape index (κ2) is 5.45. The number of amides is 1. The van der Waals surface area contributed by atoms with Crippen molar-refractivity contribution in [3.05, 3.63) is 11.8 Å². The molecule has 0 aromatic carbocycles. The number of aromatic nitrogens is 2. The Kier molecular flexibility index (Phi) is 4.21. The Balaban J connectivity index is 2.95. The number of nitrogens with one attached hydrogen (secondary N) is 1. The minimum absolute atomic E-state index is 0.145. The molecule has 1 amide bonds. The standard InChI is InChI=1S/C12H16N4O2/c1-5-12(3,7-13)10(17)16-11-14-8(2)6-9(15-11)18-4/h6H,5H2,1-4H3,(H,14,15,16,17). The third-order valence-corrected chi connectivity index (χ3v) is 2.72. The van der Waals surface area contributed by atoms with Gasteiger partial charge in [-0.3, -0.25) is 10.1 Å². The van der Waals surface area contributed by atoms with Gasteiger partial charge in [0, 0.05) is 11.8 Å². The summed E-state index contributed by atoms with van der Waals surface area (Å²) >= 11 is 0. The van der Waals surface area contributed by atoms with Crippen molar-refractivity contribution in [3.63, 3.8) is 0 Å². The van der Waals surface area contributed by atoms with Crippen molar-refractivity contribution < 1.29 is 9.53 Å². The number of nitriles is 1. The van der Waals surface area contributed by atoms with Crippen LogP contribution >= 0.6 is 0 Å². The summed E-state index contributed by atoms with van der Waals surface area (Å²) in [7, 11) is 1.48. The lowest BCUT2D eigenvalue weighted by Gasteiger charge is -2.17. The van der Waals surface area contributed by atoms with Gasteiger partial charge < -0.3 is 4.74 Å². The second-order valence-electron chi connectivity index (χ2n) is 4.13. The molecule has 0 aliphatic carbocycles. The fourth-order valence-corrected chi connectivity index (χ4v) is 1.23. The number of hydrogen-bond donors (Lipinski definition) is 1. The summed E-state index contributed by atoms with van der Waals surface area (Å²) in [5, 5.41) is 11.5. The lowest BCUT2D eigenvalue weighted by molar-refractivity contribution is -0.122. The molecule has 6 nitrogen and oxygen atoms in total. The molecule has 0 radical (unpaired) electrons. The van der Waals surface area contributed by atoms with Gasteiger partial charge in [-0.25, -0.2) is 4.98 Å². The average Bonchev–Trinajstić information content (AvgIpc) is 2.36. The van der Waals surface area contributed by atoms with Gasteiger partial charge in [-0.2, -0.15) is 10.2 Å². The molecular formula is C12H16N4O2. The summed E-state index contributed by atoms with van der Waals surface area (Å²) in [5.41, 5.74) is -0.410. The number of hydrogen-bond acceptors (Lipinski definition) is 5. The number of carbonyl (C=O) groups excluding carboxylic acids is 1. The zero-order valence-electron chi connectivity index (χ0n) is 10.9. The van der Waals surface area contributed by atoms with E-state index in [4.69, 9.17) is 10.00 Å². The van der Waals surface area contributed by atoms with Crippen LogP contribution in [-0.2, 0) is 4.79 Å². The summed E-state index contributed by atoms with van der Waals surface area (Å²) in [6.07, 6.45) is 0.415. The molecule has 1 aromatic heterocycles. The van der Waals surface area contributed by atoms with E-state index in [0.717, 1.165) is 0 Å². The summed E-state index contributed by atoms with van der Waals surface area (Å²) in [5.74, 6) is 0.0971. The summed E-state index contributed by atoms with van der Waals surface area (Å²) in [6, 6.07) is 3.64. The van der Waals surface area contributed by atoms with E-state index in [0.29, 0.717) is 18.0 Å². The van der Waals surface area contributed by atoms with Crippen LogP contribution in [0.15, 0.2) is 6.07 Å². The van der Waals surface area contributed by atoms with E-state index in [1.807, 2.05) is 6.07 Å². The first-order valence-corrected chi connectivity index (χ1v) is 5.57. The van der Waals surface area contributed by atoms with Gasteiger partial charge in [-0.15, -0.1) is 0 Å². The van der Waals surface area contributed by atoms with Crippen LogP contribution in [0.5, 0.6) is 5.88 Å². The van der Waals surface area contributed by atoms with E-state index in [1.54, 1.807) is 26.8 Å². The number of anilines is 1. The molecule has 6 heteroatoms. The molecule has 0 aliphatic heterocycles. The maximum atomic E-state index is 12.0. The van der Waals surface area contributed by atoms with Crippen LogP contribution in [0.4, 0.5) is 5.95 Å². The molecule has 0 spiro atoms. The third-order valence-electron chi connectivity index (χ3n) is 2.72. The van der Waals surface area contributed by atoms with E-state index >= 15 is 0 Å². The predicted molar refractivity (Wildman–Crippen MR) is 66.0 cm³/mol. The van der Waals surface area contributed by atoms with Crippen LogP contribution in [0.1, 0.15) is 26.0 Å². The topological polar surface area (TPSA) is 87.9 Å². The van der Waals surface area contributed by atoms with Crippen LogP contribution in [0, 0.1) is 23.7 Å². The summed E-state index contributed by atoms with van der Waals surface area (Å²) < 4.78 is 4.99. The van der Waals surface area contributed by atoms with Gasteiger partial charge in [0.2, 0.25) is 17.7 Å². The lowest BCUT2D eigenvalue weighted by atomic mass is 9.88. The molecule has 1 atom stereocenters. The van der Waals surface area contributed by atoms with Crippen molar-refractivity contribution in [2.75, 3.05) is 12.4 Å². The number of carbonyl (C=O) groups is 1. The van der Waals surface area contributed by atoms with Gasteiger partial charge in [-0.05, 0) is 20.3 Å². The van der Waals surface area contributed by atoms with Gasteiger partial charge in [0.1, 0.15) is 5.41 Å². The largest absolute Gasteiger partial charge is 0.481 e. The molecule has 1 rings (SSSR count). The highest BCUT2D eigenvalue weighted by Gasteiger charge is 2.31. The van der Waals surface area contributed by atoms with Gasteiger partial charge in [0.05, 0.1) is 13.2 Å². The zero-order valence-corrected chi connectivity index (χ0v) is 10.9. The first-order valence-electron chi connectivity index (χ1n) is 5.57. The number of nitrogens with zero attached hydrogens (tertiary/aromatic N) is 3.